The second-order valence-electron chi connectivity index (χ2n) is 2.77. The largest absolute Gasteiger partial charge is 0.300 e. The molecular formula is C8H14OS. The summed E-state index contributed by atoms with van der Waals surface area (Å²) in [5, 5.41) is 0.660. The van der Waals surface area contributed by atoms with Gasteiger partial charge in [0.05, 0.1) is 0 Å². The van der Waals surface area contributed by atoms with Gasteiger partial charge in [-0.25, -0.2) is 0 Å². The van der Waals surface area contributed by atoms with Crippen LogP contribution in [-0.4, -0.2) is 16.8 Å². The molecule has 1 aliphatic rings. The van der Waals surface area contributed by atoms with Gasteiger partial charge in [0, 0.05) is 18.1 Å². The third-order valence-electron chi connectivity index (χ3n) is 1.76. The monoisotopic (exact) mass is 158 g/mol. The summed E-state index contributed by atoms with van der Waals surface area (Å²) in [5.74, 6) is 1.69. The number of hydrogen-bond donors (Lipinski definition) is 0. The van der Waals surface area contributed by atoms with Crippen LogP contribution in [0.4, 0.5) is 0 Å². The van der Waals surface area contributed by atoms with Crippen LogP contribution in [0.2, 0.25) is 0 Å². The molecule has 2 heteroatoms. The molecule has 0 bridgehead atoms. The van der Waals surface area contributed by atoms with Gasteiger partial charge in [0.2, 0.25) is 0 Å². The molecule has 0 saturated heterocycles. The van der Waals surface area contributed by atoms with E-state index in [0.717, 1.165) is 19.3 Å². The van der Waals surface area contributed by atoms with Gasteiger partial charge in [0.15, 0.2) is 0 Å². The highest BCUT2D eigenvalue weighted by Gasteiger charge is 2.21. The minimum Gasteiger partial charge on any atom is -0.300 e. The van der Waals surface area contributed by atoms with Crippen molar-refractivity contribution >= 4 is 17.5 Å². The van der Waals surface area contributed by atoms with Crippen LogP contribution in [-0.2, 0) is 4.79 Å². The van der Waals surface area contributed by atoms with Gasteiger partial charge in [0.1, 0.15) is 5.78 Å². The first-order valence-electron chi connectivity index (χ1n) is 3.96. The minimum atomic E-state index is 0.466. The number of Topliss-reactive ketones (excluding diaryl/α,β-unsaturated/α-hetero) is 1. The lowest BCUT2D eigenvalue weighted by Gasteiger charge is -2.04. The molecule has 0 aliphatic heterocycles. The van der Waals surface area contributed by atoms with E-state index in [0.29, 0.717) is 11.0 Å². The zero-order valence-electron chi connectivity index (χ0n) is 6.43. The maximum Gasteiger partial charge on any atom is 0.134 e. The molecule has 1 saturated carbocycles. The number of carbonyl (C=O) groups is 1. The van der Waals surface area contributed by atoms with E-state index in [2.05, 4.69) is 6.92 Å². The summed E-state index contributed by atoms with van der Waals surface area (Å²) in [6.07, 6.45) is 4.03. The van der Waals surface area contributed by atoms with Gasteiger partial charge in [-0.1, -0.05) is 6.92 Å². The molecule has 0 aromatic carbocycles. The van der Waals surface area contributed by atoms with Crippen molar-refractivity contribution in [3.05, 3.63) is 0 Å². The van der Waals surface area contributed by atoms with Crippen LogP contribution >= 0.6 is 11.8 Å². The van der Waals surface area contributed by atoms with Crippen molar-refractivity contribution in [2.24, 2.45) is 0 Å². The Bertz CT molecular complexity index is 122. The molecule has 1 aliphatic carbocycles. The van der Waals surface area contributed by atoms with E-state index in [1.165, 1.54) is 12.2 Å². The summed E-state index contributed by atoms with van der Waals surface area (Å²) in [6, 6.07) is 0. The molecule has 0 aromatic rings. The molecule has 0 amide bonds. The number of carbonyl (C=O) groups excluding carboxylic acids is 1. The van der Waals surface area contributed by atoms with E-state index in [9.17, 15) is 4.79 Å². The van der Waals surface area contributed by atoms with E-state index in [4.69, 9.17) is 0 Å². The zero-order valence-corrected chi connectivity index (χ0v) is 7.25. The van der Waals surface area contributed by atoms with E-state index < -0.39 is 0 Å². The SMILES string of the molecule is CCCSC1CCC(=O)C1. The molecule has 58 valence electrons. The standard InChI is InChI=1S/C8H14OS/c1-2-5-10-8-4-3-7(9)6-8/h8H,2-6H2,1H3. The van der Waals surface area contributed by atoms with E-state index in [1.807, 2.05) is 11.8 Å². The third-order valence-corrected chi connectivity index (χ3v) is 3.28. The Morgan fingerprint density at radius 1 is 1.70 bits per heavy atom. The smallest absolute Gasteiger partial charge is 0.134 e. The molecule has 1 rings (SSSR count). The molecule has 0 aromatic heterocycles. The first kappa shape index (κ1) is 8.12. The molecule has 0 radical (unpaired) electrons. The number of thioether (sulfide) groups is 1. The third kappa shape index (κ3) is 2.33. The van der Waals surface area contributed by atoms with Crippen LogP contribution in [0.15, 0.2) is 0 Å². The number of ketones is 1. The number of rotatable bonds is 3. The van der Waals surface area contributed by atoms with Crippen LogP contribution in [0.5, 0.6) is 0 Å². The fourth-order valence-electron chi connectivity index (χ4n) is 1.21. The molecule has 0 N–H and O–H groups in total. The van der Waals surface area contributed by atoms with Crippen LogP contribution in [0.3, 0.4) is 0 Å². The first-order chi connectivity index (χ1) is 4.83. The molecule has 1 atom stereocenters. The normalized spacial score (nSPS) is 25.7. The fraction of sp³-hybridized carbons (Fsp3) is 0.875. The van der Waals surface area contributed by atoms with Gasteiger partial charge in [0.25, 0.3) is 0 Å². The summed E-state index contributed by atoms with van der Waals surface area (Å²) in [5.41, 5.74) is 0. The molecule has 0 spiro atoms. The van der Waals surface area contributed by atoms with Crippen LogP contribution in [0.25, 0.3) is 0 Å². The van der Waals surface area contributed by atoms with Gasteiger partial charge in [-0.15, -0.1) is 0 Å². The molecule has 0 heterocycles. The lowest BCUT2D eigenvalue weighted by molar-refractivity contribution is -0.117. The summed E-state index contributed by atoms with van der Waals surface area (Å²) >= 11 is 1.97. The van der Waals surface area contributed by atoms with Crippen LogP contribution in [0.1, 0.15) is 32.6 Å². The van der Waals surface area contributed by atoms with Crippen LogP contribution < -0.4 is 0 Å². The Morgan fingerprint density at radius 2 is 2.50 bits per heavy atom. The van der Waals surface area contributed by atoms with Gasteiger partial charge in [-0.05, 0) is 18.6 Å². The Hall–Kier alpha value is 0.0200. The Balaban J connectivity index is 2.12. The average Bonchev–Trinajstić information content (AvgIpc) is 2.31. The van der Waals surface area contributed by atoms with Gasteiger partial charge >= 0.3 is 0 Å². The highest BCUT2D eigenvalue weighted by molar-refractivity contribution is 7.99. The summed E-state index contributed by atoms with van der Waals surface area (Å²) in [4.78, 5) is 10.8. The van der Waals surface area contributed by atoms with Crippen molar-refractivity contribution in [1.29, 1.82) is 0 Å². The maximum absolute atomic E-state index is 10.8. The topological polar surface area (TPSA) is 17.1 Å². The van der Waals surface area contributed by atoms with Crippen molar-refractivity contribution < 1.29 is 4.79 Å². The quantitative estimate of drug-likeness (QED) is 0.626. The molecule has 1 nitrogen and oxygen atoms in total. The van der Waals surface area contributed by atoms with E-state index >= 15 is 0 Å². The lowest BCUT2D eigenvalue weighted by atomic mass is 10.4. The molecule has 1 unspecified atom stereocenters. The lowest BCUT2D eigenvalue weighted by Crippen LogP contribution is -1.97. The van der Waals surface area contributed by atoms with Crippen molar-refractivity contribution in [3.8, 4) is 0 Å². The van der Waals surface area contributed by atoms with Gasteiger partial charge < -0.3 is 0 Å². The Kier molecular flexibility index (Phi) is 3.26. The molecular weight excluding hydrogens is 144 g/mol. The first-order valence-corrected chi connectivity index (χ1v) is 5.01. The Labute approximate surface area is 66.6 Å². The van der Waals surface area contributed by atoms with Gasteiger partial charge in [-0.2, -0.15) is 11.8 Å². The highest BCUT2D eigenvalue weighted by atomic mass is 32.2. The highest BCUT2D eigenvalue weighted by Crippen LogP contribution is 2.27. The second kappa shape index (κ2) is 4.02. The maximum atomic E-state index is 10.8. The van der Waals surface area contributed by atoms with Gasteiger partial charge in [-0.3, -0.25) is 4.79 Å². The van der Waals surface area contributed by atoms with Crippen molar-refractivity contribution in [2.45, 2.75) is 37.9 Å². The second-order valence-corrected chi connectivity index (χ2v) is 4.18. The predicted octanol–water partition coefficient (Wildman–Crippen LogP) is 2.25. The summed E-state index contributed by atoms with van der Waals surface area (Å²) < 4.78 is 0. The Morgan fingerprint density at radius 3 is 3.00 bits per heavy atom. The average molecular weight is 158 g/mol. The van der Waals surface area contributed by atoms with Crippen LogP contribution in [0, 0.1) is 0 Å². The predicted molar refractivity (Wildman–Crippen MR) is 45.4 cm³/mol. The molecule has 1 fully saturated rings. The van der Waals surface area contributed by atoms with E-state index in [-0.39, 0.29) is 0 Å². The van der Waals surface area contributed by atoms with Crippen molar-refractivity contribution in [3.63, 3.8) is 0 Å². The summed E-state index contributed by atoms with van der Waals surface area (Å²) in [7, 11) is 0. The zero-order chi connectivity index (χ0) is 7.40. The van der Waals surface area contributed by atoms with Crippen molar-refractivity contribution in [2.75, 3.05) is 5.75 Å². The fourth-order valence-corrected chi connectivity index (χ4v) is 2.36. The summed E-state index contributed by atoms with van der Waals surface area (Å²) in [6.45, 7) is 2.18. The van der Waals surface area contributed by atoms with E-state index in [1.54, 1.807) is 0 Å². The van der Waals surface area contributed by atoms with Crippen molar-refractivity contribution in [1.82, 2.24) is 0 Å². The molecule has 10 heavy (non-hydrogen) atoms. The minimum absolute atomic E-state index is 0.466. The number of hydrogen-bond acceptors (Lipinski definition) is 2.